The van der Waals surface area contributed by atoms with Gasteiger partial charge in [-0.15, -0.1) is 0 Å². The smallest absolute Gasteiger partial charge is 0.290 e. The molecule has 0 aliphatic carbocycles. The van der Waals surface area contributed by atoms with Crippen LogP contribution in [0.2, 0.25) is 0 Å². The first kappa shape index (κ1) is 24.9. The molecule has 37 heavy (non-hydrogen) atoms. The van der Waals surface area contributed by atoms with Crippen LogP contribution in [0.3, 0.4) is 0 Å². The van der Waals surface area contributed by atoms with Crippen molar-refractivity contribution in [1.82, 2.24) is 9.80 Å². The predicted molar refractivity (Wildman–Crippen MR) is 136 cm³/mol. The highest BCUT2D eigenvalue weighted by molar-refractivity contribution is 6.16. The molecule has 5 rings (SSSR count). The van der Waals surface area contributed by atoms with Gasteiger partial charge in [0.15, 0.2) is 23.0 Å². The lowest BCUT2D eigenvalue weighted by atomic mass is 9.94. The van der Waals surface area contributed by atoms with Crippen molar-refractivity contribution in [3.8, 4) is 11.5 Å². The van der Waals surface area contributed by atoms with Crippen LogP contribution in [0, 0.1) is 6.92 Å². The number of aliphatic hydroxyl groups is 1. The lowest BCUT2D eigenvalue weighted by Gasteiger charge is -2.32. The minimum absolute atomic E-state index is 0.0469. The van der Waals surface area contributed by atoms with Crippen LogP contribution in [0.15, 0.2) is 58.2 Å². The highest BCUT2D eigenvalue weighted by Gasteiger charge is 2.46. The van der Waals surface area contributed by atoms with E-state index in [1.165, 1.54) is 19.1 Å². The van der Waals surface area contributed by atoms with Crippen LogP contribution < -0.4 is 9.47 Å². The summed E-state index contributed by atoms with van der Waals surface area (Å²) in [4.78, 5) is 31.0. The number of rotatable bonds is 8. The van der Waals surface area contributed by atoms with Crippen molar-refractivity contribution in [1.29, 1.82) is 0 Å². The molecule has 194 valence electrons. The molecule has 1 saturated heterocycles. The third-order valence-electron chi connectivity index (χ3n) is 6.93. The molecule has 0 spiro atoms. The summed E-state index contributed by atoms with van der Waals surface area (Å²) in [6, 6.07) is 11.6. The van der Waals surface area contributed by atoms with Gasteiger partial charge in [0.1, 0.15) is 5.58 Å². The lowest BCUT2D eigenvalue weighted by Crippen LogP contribution is -2.43. The Bertz CT molecular complexity index is 1370. The molecular weight excluding hydrogens is 476 g/mol. The highest BCUT2D eigenvalue weighted by atomic mass is 16.5. The van der Waals surface area contributed by atoms with Gasteiger partial charge in [0.05, 0.1) is 39.0 Å². The number of Topliss-reactive ketones (excluding diaryl/α,β-unsaturated/α-hetero) is 1. The summed E-state index contributed by atoms with van der Waals surface area (Å²) in [7, 11) is 3.02. The second-order valence-electron chi connectivity index (χ2n) is 9.18. The number of benzene rings is 2. The van der Waals surface area contributed by atoms with Crippen LogP contribution in [0.1, 0.15) is 27.7 Å². The van der Waals surface area contributed by atoms with Gasteiger partial charge in [-0.05, 0) is 31.2 Å². The highest BCUT2D eigenvalue weighted by Crippen LogP contribution is 2.45. The summed E-state index contributed by atoms with van der Waals surface area (Å²) >= 11 is 0. The number of methoxy groups -OCH3 is 2. The van der Waals surface area contributed by atoms with E-state index in [9.17, 15) is 14.7 Å². The number of hydrogen-bond donors (Lipinski definition) is 1. The van der Waals surface area contributed by atoms with Crippen molar-refractivity contribution >= 4 is 22.7 Å². The van der Waals surface area contributed by atoms with Crippen LogP contribution in [0.25, 0.3) is 11.0 Å². The van der Waals surface area contributed by atoms with E-state index in [4.69, 9.17) is 18.6 Å². The number of carbonyl (C=O) groups is 2. The molecule has 9 nitrogen and oxygen atoms in total. The Morgan fingerprint density at radius 1 is 1.08 bits per heavy atom. The molecule has 1 fully saturated rings. The number of furan rings is 1. The average molecular weight is 507 g/mol. The standard InChI is InChI=1S/C28H30N2O7/c1-17-7-8-20-18(15-17)16-22(37-20)25(31)23-24(19-5-4-6-21(34-2)27(19)35-3)30(28(33)26(23)32)10-9-29-11-13-36-14-12-29/h4-8,15-16,24,32H,9-14H2,1-3H3. The van der Waals surface area contributed by atoms with Gasteiger partial charge in [-0.3, -0.25) is 14.5 Å². The van der Waals surface area contributed by atoms with Crippen LogP contribution in [-0.4, -0.2) is 80.2 Å². The molecule has 2 aliphatic heterocycles. The molecular formula is C28H30N2O7. The SMILES string of the molecule is COc1cccc(C2C(C(=O)c3cc4cc(C)ccc4o3)=C(O)C(=O)N2CCN2CCOCC2)c1OC. The number of hydrogen-bond acceptors (Lipinski definition) is 8. The fourth-order valence-electron chi connectivity index (χ4n) is 5.05. The Hall–Kier alpha value is -3.82. The topological polar surface area (TPSA) is 102 Å². The van der Waals surface area contributed by atoms with Crippen molar-refractivity contribution in [3.63, 3.8) is 0 Å². The van der Waals surface area contributed by atoms with Crippen molar-refractivity contribution in [2.24, 2.45) is 0 Å². The minimum Gasteiger partial charge on any atom is -0.503 e. The molecule has 3 heterocycles. The molecule has 0 radical (unpaired) electrons. The van der Waals surface area contributed by atoms with E-state index >= 15 is 0 Å². The van der Waals surface area contributed by atoms with Gasteiger partial charge in [-0.1, -0.05) is 23.8 Å². The fourth-order valence-corrected chi connectivity index (χ4v) is 5.05. The normalized spacial score (nSPS) is 18.6. The first-order valence-corrected chi connectivity index (χ1v) is 12.2. The summed E-state index contributed by atoms with van der Waals surface area (Å²) in [5, 5.41) is 11.8. The zero-order chi connectivity index (χ0) is 26.1. The van der Waals surface area contributed by atoms with Crippen molar-refractivity contribution in [3.05, 3.63) is 70.7 Å². The first-order valence-electron chi connectivity index (χ1n) is 12.2. The maximum Gasteiger partial charge on any atom is 0.290 e. The summed E-state index contributed by atoms with van der Waals surface area (Å²) in [6.07, 6.45) is 0. The van der Waals surface area contributed by atoms with Gasteiger partial charge in [0.25, 0.3) is 5.91 Å². The number of ketones is 1. The van der Waals surface area contributed by atoms with E-state index in [0.717, 1.165) is 24.0 Å². The Morgan fingerprint density at radius 3 is 2.59 bits per heavy atom. The van der Waals surface area contributed by atoms with Gasteiger partial charge in [-0.2, -0.15) is 0 Å². The molecule has 3 aromatic rings. The molecule has 1 atom stereocenters. The molecule has 0 bridgehead atoms. The Morgan fingerprint density at radius 2 is 1.86 bits per heavy atom. The van der Waals surface area contributed by atoms with Gasteiger partial charge < -0.3 is 28.6 Å². The fraction of sp³-hybridized carbons (Fsp3) is 0.357. The maximum atomic E-state index is 13.9. The second-order valence-corrected chi connectivity index (χ2v) is 9.18. The van der Waals surface area contributed by atoms with E-state index < -0.39 is 23.5 Å². The van der Waals surface area contributed by atoms with E-state index in [-0.39, 0.29) is 11.3 Å². The Labute approximate surface area is 214 Å². The van der Waals surface area contributed by atoms with Crippen LogP contribution >= 0.6 is 0 Å². The van der Waals surface area contributed by atoms with Gasteiger partial charge >= 0.3 is 0 Å². The van der Waals surface area contributed by atoms with Crippen molar-refractivity contribution in [2.45, 2.75) is 13.0 Å². The first-order chi connectivity index (χ1) is 17.9. The van der Waals surface area contributed by atoms with E-state index in [1.54, 1.807) is 30.3 Å². The zero-order valence-corrected chi connectivity index (χ0v) is 21.2. The Kier molecular flexibility index (Phi) is 6.90. The number of morpholine rings is 1. The second kappa shape index (κ2) is 10.3. The number of fused-ring (bicyclic) bond motifs is 1. The summed E-state index contributed by atoms with van der Waals surface area (Å²) in [6.45, 7) is 5.56. The van der Waals surface area contributed by atoms with Gasteiger partial charge in [0.2, 0.25) is 5.78 Å². The molecule has 1 amide bonds. The Balaban J connectivity index is 1.57. The zero-order valence-electron chi connectivity index (χ0n) is 21.2. The molecule has 9 heteroatoms. The van der Waals surface area contributed by atoms with Crippen molar-refractivity contribution < 1.29 is 33.3 Å². The number of carbonyl (C=O) groups excluding carboxylic acids is 2. The van der Waals surface area contributed by atoms with Gasteiger partial charge in [-0.25, -0.2) is 0 Å². The number of ether oxygens (including phenoxy) is 3. The van der Waals surface area contributed by atoms with Crippen LogP contribution in [0.5, 0.6) is 11.5 Å². The number of amides is 1. The minimum atomic E-state index is -0.888. The monoisotopic (exact) mass is 506 g/mol. The molecule has 1 aromatic heterocycles. The maximum absolute atomic E-state index is 13.9. The quantitative estimate of drug-likeness (QED) is 0.462. The average Bonchev–Trinajstić information content (AvgIpc) is 3.45. The third-order valence-corrected chi connectivity index (χ3v) is 6.93. The lowest BCUT2D eigenvalue weighted by molar-refractivity contribution is -0.129. The predicted octanol–water partition coefficient (Wildman–Crippen LogP) is 3.67. The molecule has 2 aromatic carbocycles. The summed E-state index contributed by atoms with van der Waals surface area (Å²) < 4.78 is 22.4. The number of aliphatic hydroxyl groups excluding tert-OH is 1. The molecule has 1 N–H and O–H groups in total. The van der Waals surface area contributed by atoms with Gasteiger partial charge in [0, 0.05) is 37.1 Å². The molecule has 1 unspecified atom stereocenters. The molecule has 0 saturated carbocycles. The van der Waals surface area contributed by atoms with E-state index in [0.29, 0.717) is 48.9 Å². The number of nitrogens with zero attached hydrogens (tertiary/aromatic N) is 2. The number of para-hydroxylation sites is 1. The third kappa shape index (κ3) is 4.56. The molecule has 2 aliphatic rings. The van der Waals surface area contributed by atoms with Crippen LogP contribution in [-0.2, 0) is 9.53 Å². The summed E-state index contributed by atoms with van der Waals surface area (Å²) in [5.74, 6) is -0.852. The van der Waals surface area contributed by atoms with E-state index in [2.05, 4.69) is 4.90 Å². The van der Waals surface area contributed by atoms with Crippen molar-refractivity contribution in [2.75, 3.05) is 53.6 Å². The summed E-state index contributed by atoms with van der Waals surface area (Å²) in [5.41, 5.74) is 2.07. The largest absolute Gasteiger partial charge is 0.503 e. The van der Waals surface area contributed by atoms with E-state index in [1.807, 2.05) is 19.1 Å². The number of aryl methyl sites for hydroxylation is 1. The van der Waals surface area contributed by atoms with Crippen LogP contribution in [0.4, 0.5) is 0 Å².